The fourth-order valence-corrected chi connectivity index (χ4v) is 3.99. The number of pyridine rings is 1. The predicted octanol–water partition coefficient (Wildman–Crippen LogP) is 6.09. The number of ether oxygens (including phenoxy) is 3. The number of hydrogen-bond acceptors (Lipinski definition) is 4. The molecule has 0 bridgehead atoms. The highest BCUT2D eigenvalue weighted by Gasteiger charge is 2.16. The van der Waals surface area contributed by atoms with Crippen LogP contribution in [0.2, 0.25) is 0 Å². The second kappa shape index (κ2) is 13.1. The van der Waals surface area contributed by atoms with Gasteiger partial charge in [0.2, 0.25) is 17.1 Å². The van der Waals surface area contributed by atoms with Crippen LogP contribution in [-0.2, 0) is 11.2 Å². The lowest BCUT2D eigenvalue weighted by Gasteiger charge is -2.21. The van der Waals surface area contributed by atoms with Crippen molar-refractivity contribution < 1.29 is 14.2 Å². The van der Waals surface area contributed by atoms with Gasteiger partial charge >= 0.3 is 0 Å². The summed E-state index contributed by atoms with van der Waals surface area (Å²) in [6, 6.07) is 0. The number of methoxy groups -OCH3 is 3. The van der Waals surface area contributed by atoms with Crippen LogP contribution in [0.15, 0.2) is 51.4 Å². The SMILES string of the molecule is C/C=C(\C)[C@H](OC)[C@H](C)/C=C(C)/C=C(\C)C/C(C)=C/Cc1[nH]c(OC)c(OC)c(=O)c1C. The lowest BCUT2D eigenvalue weighted by molar-refractivity contribution is 0.103. The van der Waals surface area contributed by atoms with E-state index in [9.17, 15) is 4.79 Å². The summed E-state index contributed by atoms with van der Waals surface area (Å²) in [6.45, 7) is 14.5. The number of rotatable bonds is 11. The van der Waals surface area contributed by atoms with Gasteiger partial charge in [-0.3, -0.25) is 4.79 Å². The summed E-state index contributed by atoms with van der Waals surface area (Å²) >= 11 is 0. The predicted molar refractivity (Wildman–Crippen MR) is 134 cm³/mol. The summed E-state index contributed by atoms with van der Waals surface area (Å²) < 4.78 is 16.1. The standard InChI is InChI=1S/C27H41NO4/c1-11-20(5)25(30-8)21(6)16-19(4)15-18(3)14-17(2)12-13-23-22(7)24(29)26(31-9)27(28-23)32-10/h11-12,15-16,21,25H,13-14H2,1-10H3,(H,28,29)/b17-12+,18-15+,19-16+,20-11+/t21-,25+/m1/s1. The Kier molecular flexibility index (Phi) is 11.3. The Morgan fingerprint density at radius 1 is 1.06 bits per heavy atom. The van der Waals surface area contributed by atoms with Crippen molar-refractivity contribution in [2.45, 2.75) is 67.4 Å². The first kappa shape index (κ1) is 27.5. The van der Waals surface area contributed by atoms with E-state index in [-0.39, 0.29) is 17.3 Å². The Labute approximate surface area is 193 Å². The molecule has 178 valence electrons. The van der Waals surface area contributed by atoms with Gasteiger partial charge in [-0.25, -0.2) is 0 Å². The summed E-state index contributed by atoms with van der Waals surface area (Å²) in [6.07, 6.45) is 10.4. The van der Waals surface area contributed by atoms with Gasteiger partial charge in [0.1, 0.15) is 0 Å². The molecule has 0 aromatic carbocycles. The van der Waals surface area contributed by atoms with Crippen LogP contribution in [0.4, 0.5) is 0 Å². The maximum atomic E-state index is 12.5. The third kappa shape index (κ3) is 7.56. The zero-order valence-electron chi connectivity index (χ0n) is 21.5. The normalized spacial score (nSPS) is 15.6. The molecule has 5 heteroatoms. The number of allylic oxidation sites excluding steroid dienone is 6. The molecule has 1 aromatic heterocycles. The molecule has 0 aliphatic carbocycles. The van der Waals surface area contributed by atoms with Crippen LogP contribution in [-0.4, -0.2) is 32.4 Å². The molecule has 2 atom stereocenters. The Bertz CT molecular complexity index is 947. The van der Waals surface area contributed by atoms with Crippen LogP contribution >= 0.6 is 0 Å². The molecular formula is C27H41NO4. The van der Waals surface area contributed by atoms with Gasteiger partial charge in [-0.1, -0.05) is 47.9 Å². The molecule has 1 rings (SSSR count). The Morgan fingerprint density at radius 2 is 1.72 bits per heavy atom. The molecule has 0 radical (unpaired) electrons. The van der Waals surface area contributed by atoms with Gasteiger partial charge in [0, 0.05) is 30.7 Å². The van der Waals surface area contributed by atoms with E-state index in [1.165, 1.54) is 36.5 Å². The average molecular weight is 444 g/mol. The minimum absolute atomic E-state index is 0.0946. The zero-order valence-corrected chi connectivity index (χ0v) is 21.5. The minimum atomic E-state index is -0.141. The topological polar surface area (TPSA) is 60.6 Å². The highest BCUT2D eigenvalue weighted by atomic mass is 16.5. The van der Waals surface area contributed by atoms with Crippen molar-refractivity contribution >= 4 is 0 Å². The van der Waals surface area contributed by atoms with Gasteiger partial charge in [0.15, 0.2) is 0 Å². The maximum Gasteiger partial charge on any atom is 0.238 e. The van der Waals surface area contributed by atoms with Gasteiger partial charge < -0.3 is 19.2 Å². The fourth-order valence-electron chi connectivity index (χ4n) is 3.99. The van der Waals surface area contributed by atoms with Gasteiger partial charge in [0.25, 0.3) is 0 Å². The molecule has 0 spiro atoms. The number of aromatic amines is 1. The van der Waals surface area contributed by atoms with E-state index in [4.69, 9.17) is 14.2 Å². The number of nitrogens with one attached hydrogen (secondary N) is 1. The van der Waals surface area contributed by atoms with Crippen LogP contribution in [0.1, 0.15) is 59.2 Å². The van der Waals surface area contributed by atoms with Gasteiger partial charge in [-0.05, 0) is 53.5 Å². The summed E-state index contributed by atoms with van der Waals surface area (Å²) in [5, 5.41) is 0. The molecule has 1 aromatic rings. The first-order valence-corrected chi connectivity index (χ1v) is 11.1. The van der Waals surface area contributed by atoms with Crippen molar-refractivity contribution in [1.29, 1.82) is 0 Å². The molecule has 0 amide bonds. The van der Waals surface area contributed by atoms with Gasteiger partial charge in [0.05, 0.1) is 20.3 Å². The highest BCUT2D eigenvalue weighted by molar-refractivity contribution is 5.40. The summed E-state index contributed by atoms with van der Waals surface area (Å²) in [7, 11) is 4.76. The minimum Gasteiger partial charge on any atom is -0.488 e. The van der Waals surface area contributed by atoms with Crippen LogP contribution in [0.5, 0.6) is 11.6 Å². The summed E-state index contributed by atoms with van der Waals surface area (Å²) in [4.78, 5) is 15.7. The van der Waals surface area contributed by atoms with Gasteiger partial charge in [-0.15, -0.1) is 0 Å². The Hall–Kier alpha value is -2.53. The van der Waals surface area contributed by atoms with E-state index in [2.05, 4.69) is 63.9 Å². The fraction of sp³-hybridized carbons (Fsp3) is 0.519. The molecule has 0 saturated carbocycles. The molecule has 32 heavy (non-hydrogen) atoms. The first-order valence-electron chi connectivity index (χ1n) is 11.1. The third-order valence-electron chi connectivity index (χ3n) is 5.73. The molecule has 0 unspecified atom stereocenters. The molecule has 0 saturated heterocycles. The monoisotopic (exact) mass is 443 g/mol. The van der Waals surface area contributed by atoms with E-state index >= 15 is 0 Å². The van der Waals surface area contributed by atoms with Crippen LogP contribution in [0, 0.1) is 12.8 Å². The largest absolute Gasteiger partial charge is 0.488 e. The van der Waals surface area contributed by atoms with E-state index in [0.29, 0.717) is 23.8 Å². The Balaban J connectivity index is 2.94. The van der Waals surface area contributed by atoms with Crippen molar-refractivity contribution in [2.24, 2.45) is 5.92 Å². The lowest BCUT2D eigenvalue weighted by atomic mass is 9.95. The molecule has 5 nitrogen and oxygen atoms in total. The highest BCUT2D eigenvalue weighted by Crippen LogP contribution is 2.23. The van der Waals surface area contributed by atoms with Crippen molar-refractivity contribution in [3.05, 3.63) is 68.1 Å². The van der Waals surface area contributed by atoms with Crippen LogP contribution in [0.3, 0.4) is 0 Å². The third-order valence-corrected chi connectivity index (χ3v) is 5.73. The van der Waals surface area contributed by atoms with E-state index in [1.807, 2.05) is 13.8 Å². The Morgan fingerprint density at radius 3 is 2.25 bits per heavy atom. The molecule has 0 aliphatic heterocycles. The van der Waals surface area contributed by atoms with Crippen molar-refractivity contribution in [1.82, 2.24) is 4.98 Å². The second-order valence-corrected chi connectivity index (χ2v) is 8.51. The number of H-pyrrole nitrogens is 1. The van der Waals surface area contributed by atoms with Crippen LogP contribution < -0.4 is 14.9 Å². The second-order valence-electron chi connectivity index (χ2n) is 8.51. The smallest absolute Gasteiger partial charge is 0.238 e. The number of hydrogen-bond donors (Lipinski definition) is 1. The molecule has 1 heterocycles. The van der Waals surface area contributed by atoms with Crippen molar-refractivity contribution in [3.63, 3.8) is 0 Å². The summed E-state index contributed by atoms with van der Waals surface area (Å²) in [5.41, 5.74) is 6.35. The maximum absolute atomic E-state index is 12.5. The lowest BCUT2D eigenvalue weighted by Crippen LogP contribution is -2.20. The molecule has 0 aliphatic rings. The molecular weight excluding hydrogens is 402 g/mol. The summed E-state index contributed by atoms with van der Waals surface area (Å²) in [5.74, 6) is 0.865. The van der Waals surface area contributed by atoms with Crippen molar-refractivity contribution in [2.75, 3.05) is 21.3 Å². The quantitative estimate of drug-likeness (QED) is 0.332. The first-order chi connectivity index (χ1) is 15.1. The van der Waals surface area contributed by atoms with E-state index < -0.39 is 0 Å². The molecule has 0 fully saturated rings. The van der Waals surface area contributed by atoms with Gasteiger partial charge in [-0.2, -0.15) is 0 Å². The average Bonchev–Trinajstić information content (AvgIpc) is 2.74. The van der Waals surface area contributed by atoms with E-state index in [0.717, 1.165) is 12.1 Å². The number of aromatic nitrogens is 1. The van der Waals surface area contributed by atoms with Crippen LogP contribution in [0.25, 0.3) is 0 Å². The van der Waals surface area contributed by atoms with Crippen molar-refractivity contribution in [3.8, 4) is 11.6 Å². The molecule has 1 N–H and O–H groups in total. The van der Waals surface area contributed by atoms with E-state index in [1.54, 1.807) is 7.11 Å². The zero-order chi connectivity index (χ0) is 24.4.